The van der Waals surface area contributed by atoms with Gasteiger partial charge in [-0.15, -0.1) is 0 Å². The van der Waals surface area contributed by atoms with E-state index in [1.807, 2.05) is 6.07 Å². The second-order valence-corrected chi connectivity index (χ2v) is 3.93. The predicted octanol–water partition coefficient (Wildman–Crippen LogP) is 1.75. The Bertz CT molecular complexity index is 729. The molecule has 0 radical (unpaired) electrons. The Kier molecular flexibility index (Phi) is 3.43. The number of nitrogens with zero attached hydrogens (tertiary/aromatic N) is 3. The lowest BCUT2D eigenvalue weighted by Crippen LogP contribution is -2.15. The van der Waals surface area contributed by atoms with E-state index in [0.29, 0.717) is 0 Å². The van der Waals surface area contributed by atoms with E-state index in [4.69, 9.17) is 5.26 Å². The molecular formula is C12H9N5O3. The van der Waals surface area contributed by atoms with Gasteiger partial charge < -0.3 is 5.32 Å². The number of nitriles is 1. The molecule has 0 spiro atoms. The van der Waals surface area contributed by atoms with Crippen LogP contribution >= 0.6 is 0 Å². The third-order valence-electron chi connectivity index (χ3n) is 2.74. The molecule has 1 amide bonds. The van der Waals surface area contributed by atoms with E-state index in [2.05, 4.69) is 15.5 Å². The number of benzene rings is 1. The van der Waals surface area contributed by atoms with Gasteiger partial charge in [0.05, 0.1) is 11.1 Å². The maximum absolute atomic E-state index is 12.1. The standard InChI is InChI=1S/C12H9N5O3/c1-7-9(3-2-4-10(7)17(19)20)12(18)15-11-8(5-13)6-14-16-11/h2-4,6H,1H3,(H2,14,15,16,18). The van der Waals surface area contributed by atoms with Crippen LogP contribution in [0.1, 0.15) is 21.5 Å². The lowest BCUT2D eigenvalue weighted by Gasteiger charge is -2.06. The minimum absolute atomic E-state index is 0.136. The van der Waals surface area contributed by atoms with Gasteiger partial charge in [0, 0.05) is 17.2 Å². The number of hydrogen-bond acceptors (Lipinski definition) is 5. The summed E-state index contributed by atoms with van der Waals surface area (Å²) in [5, 5.41) is 28.2. The third-order valence-corrected chi connectivity index (χ3v) is 2.74. The largest absolute Gasteiger partial charge is 0.306 e. The topological polar surface area (TPSA) is 125 Å². The average molecular weight is 271 g/mol. The smallest absolute Gasteiger partial charge is 0.273 e. The number of aromatic nitrogens is 2. The van der Waals surface area contributed by atoms with Crippen LogP contribution in [0.2, 0.25) is 0 Å². The number of nitrogens with one attached hydrogen (secondary N) is 2. The molecule has 8 nitrogen and oxygen atoms in total. The summed E-state index contributed by atoms with van der Waals surface area (Å²) in [5.41, 5.74) is 0.468. The quantitative estimate of drug-likeness (QED) is 0.649. The number of carbonyl (C=O) groups is 1. The number of carbonyl (C=O) groups excluding carboxylic acids is 1. The summed E-state index contributed by atoms with van der Waals surface area (Å²) in [4.78, 5) is 22.4. The summed E-state index contributed by atoms with van der Waals surface area (Å²) in [5.74, 6) is -0.393. The maximum atomic E-state index is 12.1. The molecule has 0 aliphatic heterocycles. The Balaban J connectivity index is 2.33. The van der Waals surface area contributed by atoms with Gasteiger partial charge in [0.25, 0.3) is 11.6 Å². The van der Waals surface area contributed by atoms with E-state index >= 15 is 0 Å². The zero-order valence-electron chi connectivity index (χ0n) is 10.4. The Labute approximate surface area is 113 Å². The van der Waals surface area contributed by atoms with Crippen molar-refractivity contribution in [1.29, 1.82) is 5.26 Å². The fourth-order valence-electron chi connectivity index (χ4n) is 1.71. The molecule has 2 rings (SSSR count). The summed E-state index contributed by atoms with van der Waals surface area (Å²) in [6, 6.07) is 6.08. The van der Waals surface area contributed by atoms with Crippen LogP contribution in [0.3, 0.4) is 0 Å². The minimum atomic E-state index is -0.553. The van der Waals surface area contributed by atoms with Crippen molar-refractivity contribution < 1.29 is 9.72 Å². The molecule has 0 aliphatic carbocycles. The Hall–Kier alpha value is -3.21. The summed E-state index contributed by atoms with van der Waals surface area (Å²) >= 11 is 0. The second kappa shape index (κ2) is 5.19. The highest BCUT2D eigenvalue weighted by molar-refractivity contribution is 6.05. The second-order valence-electron chi connectivity index (χ2n) is 3.93. The van der Waals surface area contributed by atoms with Crippen LogP contribution in [0.25, 0.3) is 0 Å². The average Bonchev–Trinajstić information content (AvgIpc) is 2.85. The Morgan fingerprint density at radius 2 is 2.30 bits per heavy atom. The van der Waals surface area contributed by atoms with Crippen LogP contribution in [0.5, 0.6) is 0 Å². The van der Waals surface area contributed by atoms with Crippen molar-refractivity contribution in [2.75, 3.05) is 5.32 Å². The number of rotatable bonds is 3. The van der Waals surface area contributed by atoms with Crippen molar-refractivity contribution in [2.45, 2.75) is 6.92 Å². The summed E-state index contributed by atoms with van der Waals surface area (Å²) in [6.07, 6.45) is 1.27. The predicted molar refractivity (Wildman–Crippen MR) is 69.1 cm³/mol. The van der Waals surface area contributed by atoms with E-state index in [1.54, 1.807) is 0 Å². The fourth-order valence-corrected chi connectivity index (χ4v) is 1.71. The lowest BCUT2D eigenvalue weighted by molar-refractivity contribution is -0.385. The van der Waals surface area contributed by atoms with Crippen LogP contribution < -0.4 is 5.32 Å². The molecule has 100 valence electrons. The van der Waals surface area contributed by atoms with Crippen molar-refractivity contribution in [2.24, 2.45) is 0 Å². The van der Waals surface area contributed by atoms with Gasteiger partial charge in [-0.25, -0.2) is 0 Å². The molecule has 0 aliphatic rings. The van der Waals surface area contributed by atoms with Gasteiger partial charge in [-0.3, -0.25) is 20.0 Å². The highest BCUT2D eigenvalue weighted by Gasteiger charge is 2.19. The number of anilines is 1. The molecular weight excluding hydrogens is 262 g/mol. The Morgan fingerprint density at radius 3 is 2.95 bits per heavy atom. The Morgan fingerprint density at radius 1 is 1.55 bits per heavy atom. The van der Waals surface area contributed by atoms with Crippen molar-refractivity contribution in [3.05, 3.63) is 51.2 Å². The van der Waals surface area contributed by atoms with Crippen molar-refractivity contribution in [3.63, 3.8) is 0 Å². The van der Waals surface area contributed by atoms with Crippen LogP contribution in [-0.4, -0.2) is 21.0 Å². The number of nitro benzene ring substituents is 1. The SMILES string of the molecule is Cc1c(C(=O)Nc2[nH]ncc2C#N)cccc1[N+](=O)[O-]. The fraction of sp³-hybridized carbons (Fsp3) is 0.0833. The zero-order valence-corrected chi connectivity index (χ0v) is 10.4. The lowest BCUT2D eigenvalue weighted by atomic mass is 10.1. The molecule has 0 unspecified atom stereocenters. The van der Waals surface area contributed by atoms with E-state index in [1.165, 1.54) is 31.3 Å². The van der Waals surface area contributed by atoms with E-state index < -0.39 is 10.8 Å². The molecule has 1 heterocycles. The van der Waals surface area contributed by atoms with Crippen molar-refractivity contribution in [1.82, 2.24) is 10.2 Å². The summed E-state index contributed by atoms with van der Waals surface area (Å²) in [6.45, 7) is 1.49. The van der Waals surface area contributed by atoms with Gasteiger partial charge in [-0.1, -0.05) is 6.07 Å². The normalized spacial score (nSPS) is 9.80. The third kappa shape index (κ3) is 2.32. The molecule has 1 aromatic carbocycles. The first-order chi connectivity index (χ1) is 9.54. The van der Waals surface area contributed by atoms with Crippen LogP contribution in [0, 0.1) is 28.4 Å². The van der Waals surface area contributed by atoms with Gasteiger partial charge in [-0.05, 0) is 13.0 Å². The molecule has 2 aromatic rings. The van der Waals surface area contributed by atoms with E-state index in [0.717, 1.165) is 0 Å². The number of hydrogen-bond donors (Lipinski definition) is 2. The molecule has 0 fully saturated rings. The number of H-pyrrole nitrogens is 1. The molecule has 1 aromatic heterocycles. The molecule has 0 saturated carbocycles. The first-order valence-corrected chi connectivity index (χ1v) is 5.53. The molecule has 2 N–H and O–H groups in total. The van der Waals surface area contributed by atoms with Gasteiger partial charge in [-0.2, -0.15) is 10.4 Å². The summed E-state index contributed by atoms with van der Waals surface area (Å²) in [7, 11) is 0. The molecule has 20 heavy (non-hydrogen) atoms. The first-order valence-electron chi connectivity index (χ1n) is 5.53. The van der Waals surface area contributed by atoms with Gasteiger partial charge in [0.1, 0.15) is 17.5 Å². The maximum Gasteiger partial charge on any atom is 0.273 e. The van der Waals surface area contributed by atoms with Crippen molar-refractivity contribution in [3.8, 4) is 6.07 Å². The first kappa shape index (κ1) is 13.2. The molecule has 8 heteroatoms. The molecule has 0 atom stereocenters. The highest BCUT2D eigenvalue weighted by atomic mass is 16.6. The van der Waals surface area contributed by atoms with E-state index in [9.17, 15) is 14.9 Å². The molecule has 0 saturated heterocycles. The molecule has 0 bridgehead atoms. The highest BCUT2D eigenvalue weighted by Crippen LogP contribution is 2.22. The summed E-state index contributed by atoms with van der Waals surface area (Å²) < 4.78 is 0. The van der Waals surface area contributed by atoms with Crippen LogP contribution in [0.4, 0.5) is 11.5 Å². The zero-order chi connectivity index (χ0) is 14.7. The van der Waals surface area contributed by atoms with Crippen LogP contribution in [-0.2, 0) is 0 Å². The van der Waals surface area contributed by atoms with Crippen LogP contribution in [0.15, 0.2) is 24.4 Å². The van der Waals surface area contributed by atoms with Crippen molar-refractivity contribution >= 4 is 17.4 Å². The number of aromatic amines is 1. The number of amides is 1. The van der Waals surface area contributed by atoms with Gasteiger partial charge >= 0.3 is 0 Å². The van der Waals surface area contributed by atoms with Gasteiger partial charge in [0.15, 0.2) is 0 Å². The van der Waals surface area contributed by atoms with E-state index in [-0.39, 0.29) is 28.2 Å². The van der Waals surface area contributed by atoms with Gasteiger partial charge in [0.2, 0.25) is 0 Å². The monoisotopic (exact) mass is 271 g/mol. The minimum Gasteiger partial charge on any atom is -0.306 e. The number of nitro groups is 1.